The molecule has 0 aliphatic carbocycles. The fourth-order valence-corrected chi connectivity index (χ4v) is 1.73. The highest BCUT2D eigenvalue weighted by atomic mass is 15.1. The molecule has 0 saturated carbocycles. The molecule has 15 heavy (non-hydrogen) atoms. The van der Waals surface area contributed by atoms with Gasteiger partial charge in [0.2, 0.25) is 0 Å². The number of allylic oxidation sites excluding steroid dienone is 2. The molecule has 0 N–H and O–H groups in total. The van der Waals surface area contributed by atoms with Crippen molar-refractivity contribution in [2.75, 3.05) is 20.1 Å². The topological polar surface area (TPSA) is 3.24 Å². The molecular weight excluding hydrogens is 182 g/mol. The van der Waals surface area contributed by atoms with Crippen LogP contribution in [0.15, 0.2) is 12.2 Å². The summed E-state index contributed by atoms with van der Waals surface area (Å²) in [4.78, 5) is 2.44. The molecule has 90 valence electrons. The van der Waals surface area contributed by atoms with Gasteiger partial charge in [-0.15, -0.1) is 0 Å². The first kappa shape index (κ1) is 14.7. The molecule has 0 aliphatic heterocycles. The number of rotatable bonds is 8. The van der Waals surface area contributed by atoms with E-state index < -0.39 is 0 Å². The highest BCUT2D eigenvalue weighted by Gasteiger charge is 2.00. The van der Waals surface area contributed by atoms with Gasteiger partial charge in [0.15, 0.2) is 0 Å². The molecule has 0 heterocycles. The lowest BCUT2D eigenvalue weighted by molar-refractivity contribution is 0.290. The summed E-state index contributed by atoms with van der Waals surface area (Å²) in [6, 6.07) is 0. The van der Waals surface area contributed by atoms with Crippen LogP contribution in [0.1, 0.15) is 47.0 Å². The maximum absolute atomic E-state index is 2.44. The van der Waals surface area contributed by atoms with Crippen molar-refractivity contribution >= 4 is 0 Å². The third-order valence-corrected chi connectivity index (χ3v) is 2.36. The van der Waals surface area contributed by atoms with Gasteiger partial charge in [0.1, 0.15) is 0 Å². The molecule has 0 aromatic heterocycles. The third-order valence-electron chi connectivity index (χ3n) is 2.36. The Morgan fingerprint density at radius 1 is 1.07 bits per heavy atom. The molecule has 0 saturated heterocycles. The molecule has 0 aliphatic rings. The molecular formula is C14H29N. The Labute approximate surface area is 96.6 Å². The van der Waals surface area contributed by atoms with Gasteiger partial charge in [-0.05, 0) is 44.7 Å². The smallest absolute Gasteiger partial charge is 0.000133 e. The summed E-state index contributed by atoms with van der Waals surface area (Å²) in [6.45, 7) is 11.5. The lowest BCUT2D eigenvalue weighted by Gasteiger charge is -2.18. The van der Waals surface area contributed by atoms with E-state index in [1.54, 1.807) is 0 Å². The predicted molar refractivity (Wildman–Crippen MR) is 70.2 cm³/mol. The zero-order chi connectivity index (χ0) is 11.7. The van der Waals surface area contributed by atoms with Gasteiger partial charge in [0.25, 0.3) is 0 Å². The van der Waals surface area contributed by atoms with Crippen LogP contribution in [-0.4, -0.2) is 25.0 Å². The molecule has 0 spiro atoms. The van der Waals surface area contributed by atoms with Crippen LogP contribution in [0.4, 0.5) is 0 Å². The number of hydrogen-bond donors (Lipinski definition) is 0. The first-order valence-corrected chi connectivity index (χ1v) is 6.37. The van der Waals surface area contributed by atoms with E-state index in [2.05, 4.69) is 51.8 Å². The van der Waals surface area contributed by atoms with Crippen molar-refractivity contribution in [3.63, 3.8) is 0 Å². The molecule has 0 atom stereocenters. The molecule has 1 nitrogen and oxygen atoms in total. The van der Waals surface area contributed by atoms with Crippen molar-refractivity contribution in [1.29, 1.82) is 0 Å². The van der Waals surface area contributed by atoms with E-state index in [1.807, 2.05) is 0 Å². The predicted octanol–water partition coefficient (Wildman–Crippen LogP) is 3.96. The van der Waals surface area contributed by atoms with Crippen molar-refractivity contribution < 1.29 is 0 Å². The molecule has 0 radical (unpaired) electrons. The van der Waals surface area contributed by atoms with Crippen molar-refractivity contribution in [3.8, 4) is 0 Å². The maximum Gasteiger partial charge on any atom is 0.000133 e. The van der Waals surface area contributed by atoms with Crippen LogP contribution in [-0.2, 0) is 0 Å². The molecule has 0 aromatic rings. The Morgan fingerprint density at radius 2 is 1.73 bits per heavy atom. The highest BCUT2D eigenvalue weighted by molar-refractivity contribution is 4.84. The van der Waals surface area contributed by atoms with E-state index >= 15 is 0 Å². The third kappa shape index (κ3) is 11.6. The number of unbranched alkanes of at least 4 members (excludes halogenated alkanes) is 2. The maximum atomic E-state index is 2.44. The first-order valence-electron chi connectivity index (χ1n) is 6.37. The van der Waals surface area contributed by atoms with E-state index in [0.29, 0.717) is 5.92 Å². The Bertz CT molecular complexity index is 159. The van der Waals surface area contributed by atoms with E-state index in [0.717, 1.165) is 5.92 Å². The van der Waals surface area contributed by atoms with Gasteiger partial charge in [-0.3, -0.25) is 0 Å². The van der Waals surface area contributed by atoms with Crippen LogP contribution in [0.25, 0.3) is 0 Å². The van der Waals surface area contributed by atoms with Crippen LogP contribution < -0.4 is 0 Å². The average Bonchev–Trinajstić information content (AvgIpc) is 2.09. The van der Waals surface area contributed by atoms with Crippen LogP contribution in [0.5, 0.6) is 0 Å². The molecule has 0 rings (SSSR count). The molecule has 0 amide bonds. The zero-order valence-electron chi connectivity index (χ0n) is 11.3. The van der Waals surface area contributed by atoms with Crippen molar-refractivity contribution in [3.05, 3.63) is 12.2 Å². The summed E-state index contributed by atoms with van der Waals surface area (Å²) in [6.07, 6.45) is 8.52. The summed E-state index contributed by atoms with van der Waals surface area (Å²) >= 11 is 0. The molecule has 0 unspecified atom stereocenters. The van der Waals surface area contributed by atoms with E-state index in [9.17, 15) is 0 Å². The number of nitrogens with zero attached hydrogens (tertiary/aromatic N) is 1. The quantitative estimate of drug-likeness (QED) is 0.434. The van der Waals surface area contributed by atoms with E-state index in [1.165, 1.54) is 32.4 Å². The normalized spacial score (nSPS) is 12.5. The van der Waals surface area contributed by atoms with Gasteiger partial charge in [-0.1, -0.05) is 39.8 Å². The Hall–Kier alpha value is -0.300. The molecule has 0 bridgehead atoms. The summed E-state index contributed by atoms with van der Waals surface area (Å²) in [5, 5.41) is 0. The largest absolute Gasteiger partial charge is 0.306 e. The summed E-state index contributed by atoms with van der Waals surface area (Å²) < 4.78 is 0. The Morgan fingerprint density at radius 3 is 2.27 bits per heavy atom. The summed E-state index contributed by atoms with van der Waals surface area (Å²) in [5.41, 5.74) is 0. The van der Waals surface area contributed by atoms with Gasteiger partial charge < -0.3 is 4.90 Å². The van der Waals surface area contributed by atoms with Gasteiger partial charge >= 0.3 is 0 Å². The zero-order valence-corrected chi connectivity index (χ0v) is 11.3. The second-order valence-corrected chi connectivity index (χ2v) is 5.32. The van der Waals surface area contributed by atoms with Crippen LogP contribution in [0.3, 0.4) is 0 Å². The van der Waals surface area contributed by atoms with Crippen molar-refractivity contribution in [2.45, 2.75) is 47.0 Å². The SMILES string of the molecule is CC(C)/C=C/CCCCN(C)CC(C)C. The van der Waals surface area contributed by atoms with Gasteiger partial charge in [0, 0.05) is 6.54 Å². The monoisotopic (exact) mass is 211 g/mol. The van der Waals surface area contributed by atoms with Crippen molar-refractivity contribution in [2.24, 2.45) is 11.8 Å². The minimum atomic E-state index is 0.702. The van der Waals surface area contributed by atoms with Crippen molar-refractivity contribution in [1.82, 2.24) is 4.90 Å². The standard InChI is InChI=1S/C14H29N/c1-13(2)10-8-6-7-9-11-15(5)12-14(3)4/h8,10,13-14H,6-7,9,11-12H2,1-5H3/b10-8+. The lowest BCUT2D eigenvalue weighted by atomic mass is 10.1. The minimum absolute atomic E-state index is 0.702. The van der Waals surface area contributed by atoms with Gasteiger partial charge in [-0.25, -0.2) is 0 Å². The van der Waals surface area contributed by atoms with E-state index in [4.69, 9.17) is 0 Å². The highest BCUT2D eigenvalue weighted by Crippen LogP contribution is 2.03. The minimum Gasteiger partial charge on any atom is -0.306 e. The second kappa shape index (κ2) is 8.96. The molecule has 0 aromatic carbocycles. The number of hydrogen-bond acceptors (Lipinski definition) is 1. The van der Waals surface area contributed by atoms with E-state index in [-0.39, 0.29) is 0 Å². The molecule has 1 heteroatoms. The van der Waals surface area contributed by atoms with Gasteiger partial charge in [0.05, 0.1) is 0 Å². The summed E-state index contributed by atoms with van der Waals surface area (Å²) in [5.74, 6) is 1.49. The Balaban J connectivity index is 3.31. The first-order chi connectivity index (χ1) is 7.02. The Kier molecular flexibility index (Phi) is 8.79. The van der Waals surface area contributed by atoms with Gasteiger partial charge in [-0.2, -0.15) is 0 Å². The van der Waals surface area contributed by atoms with Crippen LogP contribution in [0, 0.1) is 11.8 Å². The fraction of sp³-hybridized carbons (Fsp3) is 0.857. The second-order valence-electron chi connectivity index (χ2n) is 5.32. The van der Waals surface area contributed by atoms with Crippen LogP contribution in [0.2, 0.25) is 0 Å². The fourth-order valence-electron chi connectivity index (χ4n) is 1.73. The van der Waals surface area contributed by atoms with Crippen LogP contribution >= 0.6 is 0 Å². The average molecular weight is 211 g/mol. The lowest BCUT2D eigenvalue weighted by Crippen LogP contribution is -2.24. The summed E-state index contributed by atoms with van der Waals surface area (Å²) in [7, 11) is 2.23. The molecule has 0 fully saturated rings.